The summed E-state index contributed by atoms with van der Waals surface area (Å²) < 4.78 is 29.1. The predicted octanol–water partition coefficient (Wildman–Crippen LogP) is 2.86. The van der Waals surface area contributed by atoms with Crippen molar-refractivity contribution < 1.29 is 8.42 Å². The van der Waals surface area contributed by atoms with Crippen molar-refractivity contribution in [1.29, 1.82) is 0 Å². The van der Waals surface area contributed by atoms with Gasteiger partial charge >= 0.3 is 0 Å². The van der Waals surface area contributed by atoms with Gasteiger partial charge in [0.1, 0.15) is 4.21 Å². The van der Waals surface area contributed by atoms with Crippen LogP contribution in [-0.4, -0.2) is 35.6 Å². The van der Waals surface area contributed by atoms with Crippen molar-refractivity contribution in [2.45, 2.75) is 41.9 Å². The lowest BCUT2D eigenvalue weighted by molar-refractivity contribution is 0.254. The number of rotatable bonds is 4. The molecule has 6 nitrogen and oxygen atoms in total. The highest BCUT2D eigenvalue weighted by Gasteiger charge is 2.32. The van der Waals surface area contributed by atoms with E-state index in [9.17, 15) is 13.2 Å². The van der Waals surface area contributed by atoms with E-state index in [0.717, 1.165) is 29.9 Å². The highest BCUT2D eigenvalue weighted by Crippen LogP contribution is 2.38. The third kappa shape index (κ3) is 3.40. The average molecular weight is 400 g/mol. The van der Waals surface area contributed by atoms with E-state index in [2.05, 4.69) is 5.10 Å². The fourth-order valence-electron chi connectivity index (χ4n) is 3.19. The first kappa shape index (κ1) is 17.2. The zero-order valence-electron chi connectivity index (χ0n) is 13.5. The molecule has 1 saturated carbocycles. The van der Waals surface area contributed by atoms with E-state index in [4.69, 9.17) is 11.6 Å². The Balaban J connectivity index is 1.50. The van der Waals surface area contributed by atoms with E-state index >= 15 is 0 Å². The Bertz CT molecular complexity index is 942. The first-order valence-corrected chi connectivity index (χ1v) is 10.9. The SMILES string of the molecule is O=c1ccc(C2CC2)nn1C1CCN(S(=O)(=O)c2ccc(Cl)s2)CC1. The molecular weight excluding hydrogens is 382 g/mol. The van der Waals surface area contributed by atoms with Crippen molar-refractivity contribution in [3.8, 4) is 0 Å². The van der Waals surface area contributed by atoms with E-state index in [-0.39, 0.29) is 15.8 Å². The van der Waals surface area contributed by atoms with Gasteiger partial charge in [-0.1, -0.05) is 11.6 Å². The van der Waals surface area contributed by atoms with E-state index in [0.29, 0.717) is 36.2 Å². The van der Waals surface area contributed by atoms with Crippen molar-refractivity contribution in [1.82, 2.24) is 14.1 Å². The fraction of sp³-hybridized carbons (Fsp3) is 0.500. The molecule has 1 aliphatic carbocycles. The number of hydrogen-bond acceptors (Lipinski definition) is 5. The third-order valence-electron chi connectivity index (χ3n) is 4.75. The standard InChI is InChI=1S/C16H18ClN3O3S2/c17-14-4-6-16(24-14)25(22,23)19-9-7-12(8-10-19)20-15(21)5-3-13(18-20)11-1-2-11/h3-6,11-12H,1-2,7-10H2. The molecule has 134 valence electrons. The third-order valence-corrected chi connectivity index (χ3v) is 8.35. The summed E-state index contributed by atoms with van der Waals surface area (Å²) in [6.07, 6.45) is 3.43. The van der Waals surface area contributed by atoms with Crippen molar-refractivity contribution in [3.05, 3.63) is 44.6 Å². The molecule has 0 atom stereocenters. The summed E-state index contributed by atoms with van der Waals surface area (Å²) in [5, 5.41) is 4.53. The highest BCUT2D eigenvalue weighted by atomic mass is 35.5. The topological polar surface area (TPSA) is 72.3 Å². The number of hydrogen-bond donors (Lipinski definition) is 0. The van der Waals surface area contributed by atoms with Crippen LogP contribution in [-0.2, 0) is 10.0 Å². The van der Waals surface area contributed by atoms with Gasteiger partial charge in [-0.3, -0.25) is 4.79 Å². The zero-order chi connectivity index (χ0) is 17.6. The Kier molecular flexibility index (Phi) is 4.47. The van der Waals surface area contributed by atoms with Crippen LogP contribution in [0.25, 0.3) is 0 Å². The number of aromatic nitrogens is 2. The summed E-state index contributed by atoms with van der Waals surface area (Å²) >= 11 is 6.93. The van der Waals surface area contributed by atoms with Gasteiger partial charge < -0.3 is 0 Å². The molecule has 9 heteroatoms. The minimum Gasteiger partial charge on any atom is -0.268 e. The highest BCUT2D eigenvalue weighted by molar-refractivity contribution is 7.91. The maximum Gasteiger partial charge on any atom is 0.267 e. The lowest BCUT2D eigenvalue weighted by atomic mass is 10.1. The monoisotopic (exact) mass is 399 g/mol. The molecule has 2 aromatic heterocycles. The first-order chi connectivity index (χ1) is 11.9. The van der Waals surface area contributed by atoms with E-state index in [1.165, 1.54) is 4.31 Å². The van der Waals surface area contributed by atoms with Crippen LogP contribution in [0, 0.1) is 0 Å². The average Bonchev–Trinajstić information content (AvgIpc) is 3.36. The lowest BCUT2D eigenvalue weighted by Gasteiger charge is -2.31. The van der Waals surface area contributed by atoms with Crippen LogP contribution in [0.5, 0.6) is 0 Å². The van der Waals surface area contributed by atoms with Gasteiger partial charge in [-0.15, -0.1) is 11.3 Å². The number of halogens is 1. The molecule has 0 radical (unpaired) electrons. The number of nitrogens with zero attached hydrogens (tertiary/aromatic N) is 3. The summed E-state index contributed by atoms with van der Waals surface area (Å²) in [6.45, 7) is 0.759. The second kappa shape index (κ2) is 6.50. The minimum absolute atomic E-state index is 0.0513. The minimum atomic E-state index is -3.51. The van der Waals surface area contributed by atoms with Gasteiger partial charge in [-0.2, -0.15) is 9.40 Å². The largest absolute Gasteiger partial charge is 0.268 e. The van der Waals surface area contributed by atoms with Crippen LogP contribution in [0.4, 0.5) is 0 Å². The number of thiophene rings is 1. The molecule has 0 N–H and O–H groups in total. The normalized spacial score (nSPS) is 20.0. The van der Waals surface area contributed by atoms with Crippen molar-refractivity contribution >= 4 is 33.0 Å². The first-order valence-electron chi connectivity index (χ1n) is 8.30. The molecule has 2 aliphatic rings. The Morgan fingerprint density at radius 3 is 2.40 bits per heavy atom. The summed E-state index contributed by atoms with van der Waals surface area (Å²) in [6, 6.07) is 6.48. The van der Waals surface area contributed by atoms with Crippen LogP contribution >= 0.6 is 22.9 Å². The molecule has 0 spiro atoms. The molecule has 2 aromatic rings. The molecule has 0 bridgehead atoms. The molecular formula is C16H18ClN3O3S2. The second-order valence-corrected chi connectivity index (χ2v) is 10.4. The lowest BCUT2D eigenvalue weighted by Crippen LogP contribution is -2.41. The summed E-state index contributed by atoms with van der Waals surface area (Å²) in [5.41, 5.74) is 0.860. The van der Waals surface area contributed by atoms with E-state index < -0.39 is 10.0 Å². The second-order valence-electron chi connectivity index (χ2n) is 6.51. The Morgan fingerprint density at radius 1 is 1.08 bits per heavy atom. The van der Waals surface area contributed by atoms with E-state index in [1.807, 2.05) is 6.07 Å². The van der Waals surface area contributed by atoms with Crippen molar-refractivity contribution in [2.75, 3.05) is 13.1 Å². The molecule has 0 aromatic carbocycles. The maximum atomic E-state index is 12.7. The van der Waals surface area contributed by atoms with Crippen LogP contribution in [0.3, 0.4) is 0 Å². The summed E-state index contributed by atoms with van der Waals surface area (Å²) in [7, 11) is -3.51. The fourth-order valence-corrected chi connectivity index (χ4v) is 6.30. The van der Waals surface area contributed by atoms with Gasteiger partial charge in [0.05, 0.1) is 16.1 Å². The van der Waals surface area contributed by atoms with E-state index in [1.54, 1.807) is 22.9 Å². The van der Waals surface area contributed by atoms with Crippen LogP contribution in [0.2, 0.25) is 4.34 Å². The van der Waals surface area contributed by atoms with Gasteiger partial charge in [0.15, 0.2) is 0 Å². The molecule has 3 heterocycles. The zero-order valence-corrected chi connectivity index (χ0v) is 15.9. The van der Waals surface area contributed by atoms with Crippen LogP contribution in [0.15, 0.2) is 33.3 Å². The Labute approximate surface area is 155 Å². The van der Waals surface area contributed by atoms with Crippen molar-refractivity contribution in [2.24, 2.45) is 0 Å². The smallest absolute Gasteiger partial charge is 0.267 e. The molecule has 4 rings (SSSR count). The number of piperidine rings is 1. The molecule has 0 unspecified atom stereocenters. The van der Waals surface area contributed by atoms with Gasteiger partial charge in [-0.25, -0.2) is 13.1 Å². The van der Waals surface area contributed by atoms with Crippen molar-refractivity contribution in [3.63, 3.8) is 0 Å². The Morgan fingerprint density at radius 2 is 1.80 bits per heavy atom. The van der Waals surface area contributed by atoms with Gasteiger partial charge in [-0.05, 0) is 43.9 Å². The molecule has 1 aliphatic heterocycles. The predicted molar refractivity (Wildman–Crippen MR) is 96.8 cm³/mol. The summed E-state index contributed by atoms with van der Waals surface area (Å²) in [4.78, 5) is 12.2. The molecule has 0 amide bonds. The molecule has 2 fully saturated rings. The maximum absolute atomic E-state index is 12.7. The van der Waals surface area contributed by atoms with Crippen LogP contribution < -0.4 is 5.56 Å². The van der Waals surface area contributed by atoms with Gasteiger partial charge in [0, 0.05) is 25.1 Å². The van der Waals surface area contributed by atoms with Crippen LogP contribution in [0.1, 0.15) is 43.3 Å². The summed E-state index contributed by atoms with van der Waals surface area (Å²) in [5.74, 6) is 0.482. The quantitative estimate of drug-likeness (QED) is 0.792. The molecule has 1 saturated heterocycles. The Hall–Kier alpha value is -1.22. The number of sulfonamides is 1. The van der Waals surface area contributed by atoms with Gasteiger partial charge in [0.25, 0.3) is 15.6 Å². The molecule has 25 heavy (non-hydrogen) atoms. The van der Waals surface area contributed by atoms with Gasteiger partial charge in [0.2, 0.25) is 0 Å².